The molecule has 2 amide bonds. The lowest BCUT2D eigenvalue weighted by molar-refractivity contribution is -0.384. The van der Waals surface area contributed by atoms with E-state index in [1.807, 2.05) is 30.3 Å². The first-order valence-corrected chi connectivity index (χ1v) is 9.14. The van der Waals surface area contributed by atoms with Crippen LogP contribution in [-0.2, 0) is 16.1 Å². The third-order valence-electron chi connectivity index (χ3n) is 4.88. The number of carbonyl (C=O) groups excluding carboxylic acids is 2. The number of nitro groups is 1. The molecule has 1 aliphatic heterocycles. The molecule has 2 aromatic carbocycles. The van der Waals surface area contributed by atoms with Crippen molar-refractivity contribution in [2.45, 2.75) is 6.54 Å². The van der Waals surface area contributed by atoms with Crippen molar-refractivity contribution in [3.8, 4) is 0 Å². The normalized spacial score (nSPS) is 13.8. The Morgan fingerprint density at radius 1 is 0.967 bits per heavy atom. The highest BCUT2D eigenvalue weighted by Gasteiger charge is 2.41. The number of likely N-dealkylation sites (N-methyl/N-ethyl adjacent to an activating group) is 1. The zero-order valence-corrected chi connectivity index (χ0v) is 16.0. The molecule has 0 saturated heterocycles. The van der Waals surface area contributed by atoms with E-state index in [4.69, 9.17) is 4.42 Å². The molecule has 0 saturated carbocycles. The monoisotopic (exact) mass is 403 g/mol. The van der Waals surface area contributed by atoms with Gasteiger partial charge in [-0.1, -0.05) is 18.2 Å². The summed E-state index contributed by atoms with van der Waals surface area (Å²) >= 11 is 0. The van der Waals surface area contributed by atoms with Gasteiger partial charge in [-0.3, -0.25) is 24.6 Å². The van der Waals surface area contributed by atoms with E-state index in [1.54, 1.807) is 24.1 Å². The molecule has 2 heterocycles. The summed E-state index contributed by atoms with van der Waals surface area (Å²) in [6.45, 7) is -0.00667. The van der Waals surface area contributed by atoms with Crippen LogP contribution < -0.4 is 4.90 Å². The van der Waals surface area contributed by atoms with Gasteiger partial charge in [0.15, 0.2) is 0 Å². The van der Waals surface area contributed by atoms with Crippen LogP contribution >= 0.6 is 0 Å². The van der Waals surface area contributed by atoms with Crippen LogP contribution in [0.3, 0.4) is 0 Å². The fourth-order valence-corrected chi connectivity index (χ4v) is 3.37. The topological polar surface area (TPSA) is 96.9 Å². The average Bonchev–Trinajstić information content (AvgIpc) is 3.36. The van der Waals surface area contributed by atoms with Crippen molar-refractivity contribution < 1.29 is 18.9 Å². The molecule has 3 aromatic rings. The third kappa shape index (κ3) is 3.35. The third-order valence-corrected chi connectivity index (χ3v) is 4.88. The zero-order valence-electron chi connectivity index (χ0n) is 16.0. The number of para-hydroxylation sites is 1. The van der Waals surface area contributed by atoms with Gasteiger partial charge in [-0.2, -0.15) is 0 Å². The van der Waals surface area contributed by atoms with Crippen molar-refractivity contribution in [1.82, 2.24) is 4.90 Å². The zero-order chi connectivity index (χ0) is 21.3. The summed E-state index contributed by atoms with van der Waals surface area (Å²) < 4.78 is 5.30. The van der Waals surface area contributed by atoms with Gasteiger partial charge in [0, 0.05) is 24.9 Å². The molecule has 0 unspecified atom stereocenters. The Morgan fingerprint density at radius 3 is 2.27 bits per heavy atom. The SMILES string of the molecule is CN(C1=C(c2ccc([N+](=O)[O-])cc2)C(=O)N(Cc2ccco2)C1=O)c1ccccc1. The van der Waals surface area contributed by atoms with E-state index in [0.29, 0.717) is 11.3 Å². The molecule has 1 aliphatic rings. The van der Waals surface area contributed by atoms with Gasteiger partial charge in [-0.05, 0) is 42.0 Å². The first-order chi connectivity index (χ1) is 14.5. The molecule has 1 aromatic heterocycles. The highest BCUT2D eigenvalue weighted by molar-refractivity contribution is 6.36. The van der Waals surface area contributed by atoms with E-state index in [0.717, 1.165) is 10.6 Å². The largest absolute Gasteiger partial charge is 0.467 e. The summed E-state index contributed by atoms with van der Waals surface area (Å²) in [7, 11) is 1.71. The number of nitrogens with zero attached hydrogens (tertiary/aromatic N) is 3. The second kappa shape index (κ2) is 7.67. The Kier molecular flexibility index (Phi) is 4.89. The van der Waals surface area contributed by atoms with Gasteiger partial charge in [0.05, 0.1) is 23.3 Å². The molecule has 0 atom stereocenters. The number of anilines is 1. The Bertz CT molecular complexity index is 1140. The maximum absolute atomic E-state index is 13.3. The molecule has 4 rings (SSSR count). The van der Waals surface area contributed by atoms with Crippen LogP contribution in [-0.4, -0.2) is 28.7 Å². The molecule has 0 aliphatic carbocycles. The highest BCUT2D eigenvalue weighted by atomic mass is 16.6. The van der Waals surface area contributed by atoms with Crippen molar-refractivity contribution in [2.75, 3.05) is 11.9 Å². The van der Waals surface area contributed by atoms with Crippen molar-refractivity contribution in [3.05, 3.63) is 100 Å². The first-order valence-electron chi connectivity index (χ1n) is 9.14. The van der Waals surface area contributed by atoms with Gasteiger partial charge in [0.25, 0.3) is 17.5 Å². The molecule has 8 nitrogen and oxygen atoms in total. The summed E-state index contributed by atoms with van der Waals surface area (Å²) in [4.78, 5) is 39.8. The average molecular weight is 403 g/mol. The maximum Gasteiger partial charge on any atom is 0.278 e. The fraction of sp³-hybridized carbons (Fsp3) is 0.0909. The fourth-order valence-electron chi connectivity index (χ4n) is 3.37. The number of hydrogen-bond donors (Lipinski definition) is 0. The van der Waals surface area contributed by atoms with E-state index in [1.165, 1.54) is 30.5 Å². The first kappa shape index (κ1) is 19.1. The number of rotatable bonds is 6. The van der Waals surface area contributed by atoms with Crippen molar-refractivity contribution in [2.24, 2.45) is 0 Å². The van der Waals surface area contributed by atoms with Gasteiger partial charge in [-0.25, -0.2) is 0 Å². The van der Waals surface area contributed by atoms with E-state index >= 15 is 0 Å². The van der Waals surface area contributed by atoms with E-state index in [9.17, 15) is 19.7 Å². The molecule has 0 fully saturated rings. The van der Waals surface area contributed by atoms with Gasteiger partial charge in [-0.15, -0.1) is 0 Å². The number of nitro benzene ring substituents is 1. The van der Waals surface area contributed by atoms with Crippen LogP contribution in [0.2, 0.25) is 0 Å². The van der Waals surface area contributed by atoms with Crippen LogP contribution in [0.1, 0.15) is 11.3 Å². The molecular formula is C22H17N3O5. The molecule has 0 bridgehead atoms. The lowest BCUT2D eigenvalue weighted by Gasteiger charge is -2.21. The molecule has 8 heteroatoms. The number of imide groups is 1. The summed E-state index contributed by atoms with van der Waals surface area (Å²) in [5.41, 5.74) is 1.45. The number of furan rings is 1. The summed E-state index contributed by atoms with van der Waals surface area (Å²) in [6, 6.07) is 18.1. The quantitative estimate of drug-likeness (QED) is 0.354. The minimum atomic E-state index is -0.514. The van der Waals surface area contributed by atoms with Crippen molar-refractivity contribution >= 4 is 28.8 Å². The molecule has 30 heavy (non-hydrogen) atoms. The number of hydrogen-bond acceptors (Lipinski definition) is 6. The summed E-state index contributed by atoms with van der Waals surface area (Å²) in [5.74, 6) is -0.470. The molecule has 0 radical (unpaired) electrons. The van der Waals surface area contributed by atoms with Crippen LogP contribution in [0.15, 0.2) is 83.1 Å². The molecule has 0 spiro atoms. The van der Waals surface area contributed by atoms with Crippen molar-refractivity contribution in [1.29, 1.82) is 0 Å². The Labute approximate surface area is 171 Å². The second-order valence-corrected chi connectivity index (χ2v) is 6.70. The van der Waals surface area contributed by atoms with E-state index in [2.05, 4.69) is 0 Å². The molecule has 0 N–H and O–H groups in total. The lowest BCUT2D eigenvalue weighted by Crippen LogP contribution is -2.33. The summed E-state index contributed by atoms with van der Waals surface area (Å²) in [5, 5.41) is 11.0. The molecular weight excluding hydrogens is 386 g/mol. The maximum atomic E-state index is 13.3. The Hall–Kier alpha value is -4.20. The number of carbonyl (C=O) groups is 2. The van der Waals surface area contributed by atoms with Gasteiger partial charge in [0.2, 0.25) is 0 Å². The highest BCUT2D eigenvalue weighted by Crippen LogP contribution is 2.34. The molecule has 150 valence electrons. The van der Waals surface area contributed by atoms with E-state index in [-0.39, 0.29) is 23.5 Å². The van der Waals surface area contributed by atoms with Crippen molar-refractivity contribution in [3.63, 3.8) is 0 Å². The van der Waals surface area contributed by atoms with Gasteiger partial charge < -0.3 is 9.32 Å². The van der Waals surface area contributed by atoms with Crippen LogP contribution in [0.4, 0.5) is 11.4 Å². The van der Waals surface area contributed by atoms with Gasteiger partial charge >= 0.3 is 0 Å². The predicted molar refractivity (Wildman–Crippen MR) is 109 cm³/mol. The van der Waals surface area contributed by atoms with Crippen LogP contribution in [0.25, 0.3) is 5.57 Å². The minimum absolute atomic E-state index is 0.00667. The summed E-state index contributed by atoms with van der Waals surface area (Å²) in [6.07, 6.45) is 1.47. The minimum Gasteiger partial charge on any atom is -0.467 e. The van der Waals surface area contributed by atoms with Crippen LogP contribution in [0, 0.1) is 10.1 Å². The standard InChI is InChI=1S/C22H17N3O5/c1-23(16-6-3-2-4-7-16)20-19(15-9-11-17(12-10-15)25(28)29)21(26)24(22(20)27)14-18-8-5-13-30-18/h2-13H,14H2,1H3. The number of benzene rings is 2. The predicted octanol–water partition coefficient (Wildman–Crippen LogP) is 3.60. The van der Waals surface area contributed by atoms with Gasteiger partial charge in [0.1, 0.15) is 11.5 Å². The second-order valence-electron chi connectivity index (χ2n) is 6.70. The Balaban J connectivity index is 1.80. The lowest BCUT2D eigenvalue weighted by atomic mass is 10.0. The Morgan fingerprint density at radius 2 is 1.67 bits per heavy atom. The smallest absolute Gasteiger partial charge is 0.278 e. The van der Waals surface area contributed by atoms with E-state index < -0.39 is 16.7 Å². The number of non-ortho nitro benzene ring substituents is 1. The van der Waals surface area contributed by atoms with Crippen LogP contribution in [0.5, 0.6) is 0 Å². The number of amides is 2.